The van der Waals surface area contributed by atoms with E-state index in [0.717, 1.165) is 5.56 Å². The molecule has 2 aromatic rings. The minimum atomic E-state index is -0.295. The Morgan fingerprint density at radius 2 is 1.88 bits per heavy atom. The third kappa shape index (κ3) is 2.78. The van der Waals surface area contributed by atoms with Crippen LogP contribution in [0.25, 0.3) is 0 Å². The van der Waals surface area contributed by atoms with Crippen molar-refractivity contribution in [3.63, 3.8) is 0 Å². The molecule has 0 radical (unpaired) electrons. The van der Waals surface area contributed by atoms with Crippen LogP contribution < -0.4 is 14.8 Å². The molecule has 2 heterocycles. The number of nitrogens with one attached hydrogen (secondary N) is 1. The highest BCUT2D eigenvalue weighted by atomic mass is 16.6. The molecule has 2 aliphatic rings. The van der Waals surface area contributed by atoms with E-state index in [1.807, 2.05) is 42.5 Å². The zero-order chi connectivity index (χ0) is 16.4. The molecule has 2 aliphatic heterocycles. The molecule has 4 rings (SSSR count). The van der Waals surface area contributed by atoms with Gasteiger partial charge in [0.15, 0.2) is 17.6 Å². The molecule has 6 heteroatoms. The average Bonchev–Trinajstić information content (AvgIpc) is 3.13. The van der Waals surface area contributed by atoms with Gasteiger partial charge in [0.05, 0.1) is 5.69 Å². The van der Waals surface area contributed by atoms with Crippen molar-refractivity contribution in [2.75, 3.05) is 18.5 Å². The van der Waals surface area contributed by atoms with Crippen molar-refractivity contribution in [1.29, 1.82) is 0 Å². The first-order valence-electron chi connectivity index (χ1n) is 7.79. The smallest absolute Gasteiger partial charge is 0.273 e. The summed E-state index contributed by atoms with van der Waals surface area (Å²) in [5, 5.41) is 6.76. The molecule has 0 saturated heterocycles. The molecule has 0 fully saturated rings. The highest BCUT2D eigenvalue weighted by Crippen LogP contribution is 2.37. The van der Waals surface area contributed by atoms with Gasteiger partial charge in [-0.15, -0.1) is 0 Å². The molecule has 122 valence electrons. The van der Waals surface area contributed by atoms with E-state index in [-0.39, 0.29) is 12.0 Å². The zero-order valence-electron chi connectivity index (χ0n) is 12.9. The van der Waals surface area contributed by atoms with Gasteiger partial charge in [-0.2, -0.15) is 0 Å². The van der Waals surface area contributed by atoms with Crippen LogP contribution in [0.3, 0.4) is 0 Å². The number of hydrogen-bond acceptors (Lipinski definition) is 5. The standard InChI is InChI=1S/C18H16N2O4/c21-18(14-11-16(24-20-14)12-5-2-1-3-6-12)19-13-7-4-8-15-17(13)23-10-9-22-15/h1-8,16H,9-11H2,(H,19,21). The Balaban J connectivity index is 1.46. The molecular formula is C18H16N2O4. The highest BCUT2D eigenvalue weighted by molar-refractivity contribution is 6.43. The van der Waals surface area contributed by atoms with E-state index in [1.54, 1.807) is 6.07 Å². The second-order valence-corrected chi connectivity index (χ2v) is 5.53. The van der Waals surface area contributed by atoms with Crippen molar-refractivity contribution in [3.05, 3.63) is 54.1 Å². The number of benzene rings is 2. The lowest BCUT2D eigenvalue weighted by atomic mass is 10.0. The van der Waals surface area contributed by atoms with Crippen LogP contribution >= 0.6 is 0 Å². The summed E-state index contributed by atoms with van der Waals surface area (Å²) in [6, 6.07) is 15.1. The van der Waals surface area contributed by atoms with Crippen LogP contribution in [0.2, 0.25) is 0 Å². The SMILES string of the molecule is O=C(Nc1cccc2c1OCCO2)C1=NOC(c2ccccc2)C1. The highest BCUT2D eigenvalue weighted by Gasteiger charge is 2.28. The topological polar surface area (TPSA) is 69.2 Å². The Labute approximate surface area is 139 Å². The molecule has 0 aliphatic carbocycles. The number of hydrogen-bond donors (Lipinski definition) is 1. The Kier molecular flexibility index (Phi) is 3.78. The maximum atomic E-state index is 12.5. The molecule has 0 saturated carbocycles. The molecule has 0 spiro atoms. The van der Waals surface area contributed by atoms with Crippen LogP contribution in [0.5, 0.6) is 11.5 Å². The summed E-state index contributed by atoms with van der Waals surface area (Å²) in [6.07, 6.45) is 0.207. The van der Waals surface area contributed by atoms with E-state index in [4.69, 9.17) is 14.3 Å². The number of oxime groups is 1. The van der Waals surface area contributed by atoms with E-state index in [0.29, 0.717) is 42.5 Å². The van der Waals surface area contributed by atoms with E-state index in [9.17, 15) is 4.79 Å². The first-order valence-corrected chi connectivity index (χ1v) is 7.79. The van der Waals surface area contributed by atoms with Gasteiger partial charge in [-0.1, -0.05) is 41.6 Å². The maximum absolute atomic E-state index is 12.5. The third-order valence-corrected chi connectivity index (χ3v) is 3.92. The fourth-order valence-electron chi connectivity index (χ4n) is 2.72. The summed E-state index contributed by atoms with van der Waals surface area (Å²) in [4.78, 5) is 17.9. The maximum Gasteiger partial charge on any atom is 0.273 e. The normalized spacial score (nSPS) is 18.5. The van der Waals surface area contributed by atoms with Crippen molar-refractivity contribution in [2.24, 2.45) is 5.16 Å². The second-order valence-electron chi connectivity index (χ2n) is 5.53. The minimum Gasteiger partial charge on any atom is -0.486 e. The first kappa shape index (κ1) is 14.6. The number of fused-ring (bicyclic) bond motifs is 1. The van der Waals surface area contributed by atoms with E-state index >= 15 is 0 Å². The largest absolute Gasteiger partial charge is 0.486 e. The molecule has 1 atom stereocenters. The van der Waals surface area contributed by atoms with Crippen molar-refractivity contribution in [3.8, 4) is 11.5 Å². The summed E-state index contributed by atoms with van der Waals surface area (Å²) < 4.78 is 11.1. The van der Waals surface area contributed by atoms with Crippen LogP contribution in [0, 0.1) is 0 Å². The van der Waals surface area contributed by atoms with E-state index < -0.39 is 0 Å². The molecule has 6 nitrogen and oxygen atoms in total. The van der Waals surface area contributed by atoms with E-state index in [2.05, 4.69) is 10.5 Å². The molecule has 1 unspecified atom stereocenters. The Morgan fingerprint density at radius 1 is 1.04 bits per heavy atom. The van der Waals surface area contributed by atoms with Crippen molar-refractivity contribution in [2.45, 2.75) is 12.5 Å². The Hall–Kier alpha value is -3.02. The molecule has 2 aromatic carbocycles. The van der Waals surface area contributed by atoms with Gasteiger partial charge in [-0.3, -0.25) is 4.79 Å². The van der Waals surface area contributed by atoms with Gasteiger partial charge in [0.2, 0.25) is 0 Å². The van der Waals surface area contributed by atoms with Gasteiger partial charge in [-0.05, 0) is 17.7 Å². The zero-order valence-corrected chi connectivity index (χ0v) is 12.9. The van der Waals surface area contributed by atoms with Crippen molar-refractivity contribution >= 4 is 17.3 Å². The van der Waals surface area contributed by atoms with Crippen LogP contribution in [0.15, 0.2) is 53.7 Å². The molecule has 0 aromatic heterocycles. The van der Waals surface area contributed by atoms with Gasteiger partial charge in [-0.25, -0.2) is 0 Å². The van der Waals surface area contributed by atoms with Gasteiger partial charge in [0.1, 0.15) is 18.9 Å². The lowest BCUT2D eigenvalue weighted by Crippen LogP contribution is -2.23. The van der Waals surface area contributed by atoms with Crippen molar-refractivity contribution < 1.29 is 19.1 Å². The minimum absolute atomic E-state index is 0.226. The molecule has 1 amide bonds. The lowest BCUT2D eigenvalue weighted by Gasteiger charge is -2.20. The quantitative estimate of drug-likeness (QED) is 0.942. The third-order valence-electron chi connectivity index (χ3n) is 3.92. The second kappa shape index (κ2) is 6.23. The van der Waals surface area contributed by atoms with Crippen LogP contribution in [0.4, 0.5) is 5.69 Å². The van der Waals surface area contributed by atoms with Crippen LogP contribution in [0.1, 0.15) is 18.1 Å². The number of para-hydroxylation sites is 1. The molecule has 1 N–H and O–H groups in total. The van der Waals surface area contributed by atoms with E-state index in [1.165, 1.54) is 0 Å². The van der Waals surface area contributed by atoms with Gasteiger partial charge in [0, 0.05) is 6.42 Å². The summed E-state index contributed by atoms with van der Waals surface area (Å²) >= 11 is 0. The number of amides is 1. The summed E-state index contributed by atoms with van der Waals surface area (Å²) in [5.74, 6) is 0.887. The summed E-state index contributed by atoms with van der Waals surface area (Å²) in [5.41, 5.74) is 1.93. The number of nitrogens with zero attached hydrogens (tertiary/aromatic N) is 1. The van der Waals surface area contributed by atoms with Gasteiger partial charge in [0.25, 0.3) is 5.91 Å². The number of rotatable bonds is 3. The fourth-order valence-corrected chi connectivity index (χ4v) is 2.72. The number of carbonyl (C=O) groups excluding carboxylic acids is 1. The fraction of sp³-hybridized carbons (Fsp3) is 0.222. The number of anilines is 1. The summed E-state index contributed by atoms with van der Waals surface area (Å²) in [6.45, 7) is 0.962. The van der Waals surface area contributed by atoms with Crippen LogP contribution in [-0.4, -0.2) is 24.8 Å². The van der Waals surface area contributed by atoms with Gasteiger partial charge >= 0.3 is 0 Å². The number of carbonyl (C=O) groups is 1. The molecular weight excluding hydrogens is 308 g/mol. The predicted octanol–water partition coefficient (Wildman–Crippen LogP) is 2.91. The first-order chi connectivity index (χ1) is 11.8. The Morgan fingerprint density at radius 3 is 2.75 bits per heavy atom. The van der Waals surface area contributed by atoms with Crippen LogP contribution in [-0.2, 0) is 9.63 Å². The molecule has 0 bridgehead atoms. The average molecular weight is 324 g/mol. The number of ether oxygens (including phenoxy) is 2. The lowest BCUT2D eigenvalue weighted by molar-refractivity contribution is -0.110. The monoisotopic (exact) mass is 324 g/mol. The molecule has 24 heavy (non-hydrogen) atoms. The summed E-state index contributed by atoms with van der Waals surface area (Å²) in [7, 11) is 0. The predicted molar refractivity (Wildman–Crippen MR) is 88.4 cm³/mol. The van der Waals surface area contributed by atoms with Crippen molar-refractivity contribution in [1.82, 2.24) is 0 Å². The van der Waals surface area contributed by atoms with Gasteiger partial charge < -0.3 is 19.6 Å². The Bertz CT molecular complexity index is 789.